The molecular formula is C31H25ClN2O4S. The molecule has 0 heterocycles. The minimum atomic E-state index is -0.493. The molecule has 8 heteroatoms. The topological polar surface area (TPSA) is 84.5 Å². The smallest absolute Gasteiger partial charge is 0.272 e. The summed E-state index contributed by atoms with van der Waals surface area (Å²) >= 11 is 7.50. The molecule has 196 valence electrons. The fraction of sp³-hybridized carbons (Fsp3) is 0.0645. The number of Topliss-reactive ketones (excluding diaryl/α,β-unsaturated/α-hetero) is 1. The molecule has 0 aromatic heterocycles. The van der Waals surface area contributed by atoms with Crippen LogP contribution in [0.25, 0.3) is 6.08 Å². The van der Waals surface area contributed by atoms with Crippen molar-refractivity contribution in [3.8, 4) is 5.75 Å². The molecule has 2 N–H and O–H groups in total. The van der Waals surface area contributed by atoms with Crippen molar-refractivity contribution in [2.45, 2.75) is 4.90 Å². The van der Waals surface area contributed by atoms with Crippen LogP contribution >= 0.6 is 23.4 Å². The van der Waals surface area contributed by atoms with Gasteiger partial charge in [-0.15, -0.1) is 11.8 Å². The zero-order valence-electron chi connectivity index (χ0n) is 21.0. The van der Waals surface area contributed by atoms with Gasteiger partial charge in [-0.1, -0.05) is 54.1 Å². The summed E-state index contributed by atoms with van der Waals surface area (Å²) in [6, 6.07) is 29.8. The number of amides is 2. The molecule has 4 aromatic carbocycles. The molecule has 0 aliphatic carbocycles. The summed E-state index contributed by atoms with van der Waals surface area (Å²) in [4.78, 5) is 39.4. The van der Waals surface area contributed by atoms with Gasteiger partial charge in [0.05, 0.1) is 12.9 Å². The van der Waals surface area contributed by atoms with E-state index in [1.165, 1.54) is 11.8 Å². The van der Waals surface area contributed by atoms with Crippen molar-refractivity contribution in [3.63, 3.8) is 0 Å². The first kappa shape index (κ1) is 27.7. The second-order valence-electron chi connectivity index (χ2n) is 8.36. The number of hydrogen-bond acceptors (Lipinski definition) is 5. The fourth-order valence-electron chi connectivity index (χ4n) is 3.57. The number of carbonyl (C=O) groups is 3. The van der Waals surface area contributed by atoms with Gasteiger partial charge < -0.3 is 15.4 Å². The van der Waals surface area contributed by atoms with E-state index in [1.807, 2.05) is 18.2 Å². The molecule has 0 bridgehead atoms. The van der Waals surface area contributed by atoms with Gasteiger partial charge in [-0.25, -0.2) is 0 Å². The lowest BCUT2D eigenvalue weighted by molar-refractivity contribution is -0.113. The van der Waals surface area contributed by atoms with E-state index >= 15 is 0 Å². The highest BCUT2D eigenvalue weighted by Gasteiger charge is 2.15. The predicted molar refractivity (Wildman–Crippen MR) is 156 cm³/mol. The van der Waals surface area contributed by atoms with Gasteiger partial charge in [0.15, 0.2) is 5.78 Å². The van der Waals surface area contributed by atoms with Crippen LogP contribution < -0.4 is 15.4 Å². The van der Waals surface area contributed by atoms with E-state index in [1.54, 1.807) is 98.1 Å². The highest BCUT2D eigenvalue weighted by molar-refractivity contribution is 8.00. The van der Waals surface area contributed by atoms with Gasteiger partial charge in [0, 0.05) is 26.7 Å². The van der Waals surface area contributed by atoms with Crippen molar-refractivity contribution in [2.75, 3.05) is 18.2 Å². The fourth-order valence-corrected chi connectivity index (χ4v) is 4.56. The van der Waals surface area contributed by atoms with Gasteiger partial charge >= 0.3 is 0 Å². The summed E-state index contributed by atoms with van der Waals surface area (Å²) in [5.41, 5.74) is 2.27. The third-order valence-corrected chi connectivity index (χ3v) is 6.81. The van der Waals surface area contributed by atoms with Crippen LogP contribution in [0, 0.1) is 0 Å². The summed E-state index contributed by atoms with van der Waals surface area (Å²) < 4.78 is 5.18. The first-order valence-corrected chi connectivity index (χ1v) is 13.3. The van der Waals surface area contributed by atoms with Crippen LogP contribution in [0.4, 0.5) is 5.69 Å². The quantitative estimate of drug-likeness (QED) is 0.128. The predicted octanol–water partition coefficient (Wildman–Crippen LogP) is 6.73. The van der Waals surface area contributed by atoms with E-state index in [9.17, 15) is 14.4 Å². The minimum Gasteiger partial charge on any atom is -0.497 e. The van der Waals surface area contributed by atoms with Crippen molar-refractivity contribution >= 4 is 52.7 Å². The summed E-state index contributed by atoms with van der Waals surface area (Å²) in [5, 5.41) is 6.03. The molecule has 4 rings (SSSR count). The SMILES string of the molecule is COc1cccc(C(=O)CSc2ccc(NC(=O)/C(=C/c3cccc(Cl)c3)NC(=O)c3ccccc3)cc2)c1. The molecule has 4 aromatic rings. The third kappa shape index (κ3) is 8.07. The molecule has 6 nitrogen and oxygen atoms in total. The maximum absolute atomic E-state index is 13.2. The molecule has 0 aliphatic rings. The number of ether oxygens (including phenoxy) is 1. The Morgan fingerprint density at radius 2 is 1.56 bits per heavy atom. The van der Waals surface area contributed by atoms with Crippen molar-refractivity contribution in [1.29, 1.82) is 0 Å². The largest absolute Gasteiger partial charge is 0.497 e. The highest BCUT2D eigenvalue weighted by atomic mass is 35.5. The molecule has 0 saturated carbocycles. The second-order valence-corrected chi connectivity index (χ2v) is 9.84. The van der Waals surface area contributed by atoms with Gasteiger partial charge in [-0.05, 0) is 72.3 Å². The van der Waals surface area contributed by atoms with E-state index < -0.39 is 11.8 Å². The Morgan fingerprint density at radius 1 is 0.846 bits per heavy atom. The maximum Gasteiger partial charge on any atom is 0.272 e. The number of anilines is 1. The number of thioether (sulfide) groups is 1. The van der Waals surface area contributed by atoms with Crippen LogP contribution in [-0.4, -0.2) is 30.5 Å². The molecule has 2 amide bonds. The van der Waals surface area contributed by atoms with Gasteiger partial charge in [0.1, 0.15) is 11.4 Å². The number of rotatable bonds is 10. The second kappa shape index (κ2) is 13.5. The average molecular weight is 557 g/mol. The molecule has 0 spiro atoms. The summed E-state index contributed by atoms with van der Waals surface area (Å²) in [5.74, 6) is -0.0213. The first-order chi connectivity index (χ1) is 18.9. The lowest BCUT2D eigenvalue weighted by atomic mass is 10.1. The number of hydrogen-bond donors (Lipinski definition) is 2. The van der Waals surface area contributed by atoms with Crippen LogP contribution in [0.1, 0.15) is 26.3 Å². The number of methoxy groups -OCH3 is 1. The molecule has 0 aliphatic heterocycles. The van der Waals surface area contributed by atoms with Gasteiger partial charge in [-0.3, -0.25) is 14.4 Å². The number of carbonyl (C=O) groups excluding carboxylic acids is 3. The number of benzene rings is 4. The number of ketones is 1. The summed E-state index contributed by atoms with van der Waals surface area (Å²) in [6.45, 7) is 0. The number of halogens is 1. The van der Waals surface area contributed by atoms with Crippen LogP contribution in [-0.2, 0) is 4.79 Å². The minimum absolute atomic E-state index is 0.0127. The normalized spacial score (nSPS) is 11.0. The molecule has 39 heavy (non-hydrogen) atoms. The van der Waals surface area contributed by atoms with E-state index in [0.717, 1.165) is 4.90 Å². The Kier molecular flexibility index (Phi) is 9.56. The van der Waals surface area contributed by atoms with E-state index in [2.05, 4.69) is 10.6 Å². The highest BCUT2D eigenvalue weighted by Crippen LogP contribution is 2.23. The van der Waals surface area contributed by atoms with Crippen LogP contribution in [0.15, 0.2) is 114 Å². The van der Waals surface area contributed by atoms with Crippen LogP contribution in [0.2, 0.25) is 5.02 Å². The van der Waals surface area contributed by atoms with Gasteiger partial charge in [0.25, 0.3) is 11.8 Å². The number of nitrogens with one attached hydrogen (secondary N) is 2. The monoisotopic (exact) mass is 556 g/mol. The summed E-state index contributed by atoms with van der Waals surface area (Å²) in [6.07, 6.45) is 1.57. The summed E-state index contributed by atoms with van der Waals surface area (Å²) in [7, 11) is 1.56. The van der Waals surface area contributed by atoms with Crippen molar-refractivity contribution < 1.29 is 19.1 Å². The Morgan fingerprint density at radius 3 is 2.28 bits per heavy atom. The van der Waals surface area contributed by atoms with Gasteiger partial charge in [-0.2, -0.15) is 0 Å². The Bertz CT molecular complexity index is 1500. The van der Waals surface area contributed by atoms with Crippen molar-refractivity contribution in [2.24, 2.45) is 0 Å². The molecule has 0 atom stereocenters. The Labute approximate surface area is 236 Å². The molecule has 0 unspecified atom stereocenters. The Balaban J connectivity index is 1.43. The van der Waals surface area contributed by atoms with Crippen molar-refractivity contribution in [1.82, 2.24) is 5.32 Å². The lowest BCUT2D eigenvalue weighted by Gasteiger charge is -2.12. The third-order valence-electron chi connectivity index (χ3n) is 5.56. The van der Waals surface area contributed by atoms with E-state index in [4.69, 9.17) is 16.3 Å². The molecule has 0 saturated heterocycles. The maximum atomic E-state index is 13.2. The zero-order valence-corrected chi connectivity index (χ0v) is 22.6. The van der Waals surface area contributed by atoms with Crippen LogP contribution in [0.5, 0.6) is 5.75 Å². The standard InChI is InChI=1S/C31H25ClN2O4S/c1-38-26-12-6-10-23(19-26)29(35)20-39-27-15-13-25(14-16-27)33-31(37)28(18-21-7-5-11-24(32)17-21)34-30(36)22-8-3-2-4-9-22/h2-19H,20H2,1H3,(H,33,37)(H,34,36)/b28-18-. The molecular weight excluding hydrogens is 532 g/mol. The Hall–Kier alpha value is -4.33. The lowest BCUT2D eigenvalue weighted by Crippen LogP contribution is -2.30. The van der Waals surface area contributed by atoms with Crippen molar-refractivity contribution in [3.05, 3.63) is 131 Å². The zero-order chi connectivity index (χ0) is 27.6. The molecule has 0 fully saturated rings. The van der Waals surface area contributed by atoms with E-state index in [-0.39, 0.29) is 17.2 Å². The van der Waals surface area contributed by atoms with Gasteiger partial charge in [0.2, 0.25) is 0 Å². The van der Waals surface area contributed by atoms with E-state index in [0.29, 0.717) is 33.1 Å². The molecule has 0 radical (unpaired) electrons. The first-order valence-electron chi connectivity index (χ1n) is 12.0. The van der Waals surface area contributed by atoms with Crippen LogP contribution in [0.3, 0.4) is 0 Å². The average Bonchev–Trinajstić information content (AvgIpc) is 2.96.